The molecule has 1 fully saturated rings. The fourth-order valence-corrected chi connectivity index (χ4v) is 3.11. The molecule has 0 saturated heterocycles. The summed E-state index contributed by atoms with van der Waals surface area (Å²) in [7, 11) is -4.23. The van der Waals surface area contributed by atoms with E-state index in [9.17, 15) is 18.3 Å². The van der Waals surface area contributed by atoms with Crippen molar-refractivity contribution in [3.05, 3.63) is 0 Å². The summed E-state index contributed by atoms with van der Waals surface area (Å²) in [6.45, 7) is 1.31. The number of hydrogen-bond acceptors (Lipinski definition) is 4. The first-order valence-electron chi connectivity index (χ1n) is 4.47. The summed E-state index contributed by atoms with van der Waals surface area (Å²) >= 11 is 0. The van der Waals surface area contributed by atoms with Crippen molar-refractivity contribution < 1.29 is 22.9 Å². The highest BCUT2D eigenvalue weighted by Gasteiger charge is 2.39. The van der Waals surface area contributed by atoms with Crippen LogP contribution in [0, 0.1) is 5.92 Å². The molecule has 1 rings (SSSR count). The molecule has 14 heavy (non-hydrogen) atoms. The minimum Gasteiger partial charge on any atom is -0.393 e. The Morgan fingerprint density at radius 1 is 1.36 bits per heavy atom. The molecule has 0 bridgehead atoms. The Labute approximate surface area is 82.9 Å². The lowest BCUT2D eigenvalue weighted by molar-refractivity contribution is -0.122. The normalized spacial score (nSPS) is 34.1. The zero-order chi connectivity index (χ0) is 10.9. The van der Waals surface area contributed by atoms with E-state index in [0.717, 1.165) is 0 Å². The lowest BCUT2D eigenvalue weighted by atomic mass is 9.85. The topological polar surface area (TPSA) is 91.7 Å². The van der Waals surface area contributed by atoms with Crippen LogP contribution >= 0.6 is 0 Å². The van der Waals surface area contributed by atoms with Crippen LogP contribution in [0.2, 0.25) is 0 Å². The van der Waals surface area contributed by atoms with E-state index in [0.29, 0.717) is 12.8 Å². The summed E-state index contributed by atoms with van der Waals surface area (Å²) in [6.07, 6.45) is -0.0575. The van der Waals surface area contributed by atoms with E-state index in [1.54, 1.807) is 0 Å². The Hall–Kier alpha value is -0.460. The second kappa shape index (κ2) is 3.96. The minimum atomic E-state index is -4.23. The van der Waals surface area contributed by atoms with E-state index in [-0.39, 0.29) is 12.2 Å². The van der Waals surface area contributed by atoms with Crippen molar-refractivity contribution in [2.24, 2.45) is 5.92 Å². The van der Waals surface area contributed by atoms with Gasteiger partial charge in [-0.3, -0.25) is 9.35 Å². The van der Waals surface area contributed by atoms with Gasteiger partial charge in [0.2, 0.25) is 0 Å². The molecule has 3 atom stereocenters. The van der Waals surface area contributed by atoms with Gasteiger partial charge in [-0.15, -0.1) is 0 Å². The van der Waals surface area contributed by atoms with E-state index >= 15 is 0 Å². The summed E-state index contributed by atoms with van der Waals surface area (Å²) in [5.41, 5.74) is 0. The van der Waals surface area contributed by atoms with Gasteiger partial charge in [-0.2, -0.15) is 8.42 Å². The summed E-state index contributed by atoms with van der Waals surface area (Å²) < 4.78 is 30.8. The van der Waals surface area contributed by atoms with Gasteiger partial charge >= 0.3 is 0 Å². The summed E-state index contributed by atoms with van der Waals surface area (Å²) in [4.78, 5) is 11.1. The second-order valence-electron chi connectivity index (χ2n) is 3.74. The SMILES string of the molecule is CC(=O)C1CCC(O)CC1S(=O)(=O)O. The lowest BCUT2D eigenvalue weighted by Crippen LogP contribution is -2.40. The number of Topliss-reactive ketones (excluding diaryl/α,β-unsaturated/α-hetero) is 1. The van der Waals surface area contributed by atoms with Crippen molar-refractivity contribution in [1.29, 1.82) is 0 Å². The van der Waals surface area contributed by atoms with Crippen molar-refractivity contribution in [2.45, 2.75) is 37.5 Å². The average Bonchev–Trinajstić information content (AvgIpc) is 2.01. The number of carbonyl (C=O) groups excluding carboxylic acids is 1. The van der Waals surface area contributed by atoms with E-state index in [2.05, 4.69) is 0 Å². The molecule has 6 heteroatoms. The van der Waals surface area contributed by atoms with Gasteiger partial charge in [0.1, 0.15) is 5.78 Å². The van der Waals surface area contributed by atoms with Crippen molar-refractivity contribution in [2.75, 3.05) is 0 Å². The van der Waals surface area contributed by atoms with Gasteiger partial charge < -0.3 is 5.11 Å². The maximum absolute atomic E-state index is 11.1. The van der Waals surface area contributed by atoms with Crippen LogP contribution in [0.15, 0.2) is 0 Å². The Morgan fingerprint density at radius 2 is 1.93 bits per heavy atom. The molecule has 0 aromatic carbocycles. The number of carbonyl (C=O) groups is 1. The fourth-order valence-electron chi connectivity index (χ4n) is 1.90. The predicted octanol–water partition coefficient (Wildman–Crippen LogP) is -0.00720. The van der Waals surface area contributed by atoms with Crippen LogP contribution in [0.1, 0.15) is 26.2 Å². The number of aliphatic hydroxyl groups is 1. The lowest BCUT2D eigenvalue weighted by Gasteiger charge is -2.30. The number of rotatable bonds is 2. The van der Waals surface area contributed by atoms with Crippen LogP contribution in [0.3, 0.4) is 0 Å². The van der Waals surface area contributed by atoms with Gasteiger partial charge in [0, 0.05) is 5.92 Å². The molecule has 0 radical (unpaired) electrons. The molecule has 0 spiro atoms. The predicted molar refractivity (Wildman–Crippen MR) is 49.4 cm³/mol. The fraction of sp³-hybridized carbons (Fsp3) is 0.875. The largest absolute Gasteiger partial charge is 0.393 e. The molecular formula is C8H14O5S. The van der Waals surface area contributed by atoms with E-state index in [1.807, 2.05) is 0 Å². The van der Waals surface area contributed by atoms with Gasteiger partial charge in [-0.25, -0.2) is 0 Å². The van der Waals surface area contributed by atoms with Crippen LogP contribution in [0.4, 0.5) is 0 Å². The first-order valence-corrected chi connectivity index (χ1v) is 5.97. The van der Waals surface area contributed by atoms with E-state index < -0.39 is 27.4 Å². The number of hydrogen-bond donors (Lipinski definition) is 2. The quantitative estimate of drug-likeness (QED) is 0.641. The third-order valence-corrected chi connectivity index (χ3v) is 3.95. The molecule has 1 saturated carbocycles. The molecule has 0 aromatic heterocycles. The Morgan fingerprint density at radius 3 is 2.36 bits per heavy atom. The molecule has 1 aliphatic carbocycles. The van der Waals surface area contributed by atoms with E-state index in [4.69, 9.17) is 4.55 Å². The van der Waals surface area contributed by atoms with Crippen molar-refractivity contribution in [1.82, 2.24) is 0 Å². The summed E-state index contributed by atoms with van der Waals surface area (Å²) in [5, 5.41) is 8.12. The molecule has 0 aromatic rings. The molecule has 0 aliphatic heterocycles. The smallest absolute Gasteiger partial charge is 0.268 e. The Balaban J connectivity index is 2.90. The molecule has 1 aliphatic rings. The standard InChI is InChI=1S/C8H14O5S/c1-5(9)7-3-2-6(10)4-8(7)14(11,12)13/h6-8,10H,2-4H2,1H3,(H,11,12,13). The summed E-state index contributed by atoms with van der Waals surface area (Å²) in [6, 6.07) is 0. The van der Waals surface area contributed by atoms with Crippen molar-refractivity contribution in [3.63, 3.8) is 0 Å². The third-order valence-electron chi connectivity index (χ3n) is 2.67. The molecule has 2 N–H and O–H groups in total. The van der Waals surface area contributed by atoms with Crippen LogP contribution in [-0.2, 0) is 14.9 Å². The van der Waals surface area contributed by atoms with E-state index in [1.165, 1.54) is 6.92 Å². The molecule has 82 valence electrons. The van der Waals surface area contributed by atoms with Gasteiger partial charge in [0.05, 0.1) is 11.4 Å². The molecule has 3 unspecified atom stereocenters. The monoisotopic (exact) mass is 222 g/mol. The van der Waals surface area contributed by atoms with Crippen LogP contribution in [0.25, 0.3) is 0 Å². The summed E-state index contributed by atoms with van der Waals surface area (Å²) in [5.74, 6) is -0.923. The van der Waals surface area contributed by atoms with Gasteiger partial charge in [0.25, 0.3) is 10.1 Å². The van der Waals surface area contributed by atoms with Crippen LogP contribution < -0.4 is 0 Å². The molecule has 0 amide bonds. The molecular weight excluding hydrogens is 208 g/mol. The highest BCUT2D eigenvalue weighted by atomic mass is 32.2. The first-order chi connectivity index (χ1) is 6.32. The number of aliphatic hydroxyl groups excluding tert-OH is 1. The zero-order valence-corrected chi connectivity index (χ0v) is 8.70. The van der Waals surface area contributed by atoms with Gasteiger partial charge in [-0.05, 0) is 26.2 Å². The highest BCUT2D eigenvalue weighted by Crippen LogP contribution is 2.30. The maximum atomic E-state index is 11.1. The zero-order valence-electron chi connectivity index (χ0n) is 7.88. The Bertz CT molecular complexity index is 321. The Kier molecular flexibility index (Phi) is 3.28. The average molecular weight is 222 g/mol. The number of ketones is 1. The van der Waals surface area contributed by atoms with Gasteiger partial charge in [0.15, 0.2) is 0 Å². The first kappa shape index (κ1) is 11.6. The maximum Gasteiger partial charge on any atom is 0.268 e. The van der Waals surface area contributed by atoms with Crippen molar-refractivity contribution >= 4 is 15.9 Å². The third kappa shape index (κ3) is 2.52. The second-order valence-corrected chi connectivity index (χ2v) is 5.37. The minimum absolute atomic E-state index is 0.0525. The van der Waals surface area contributed by atoms with Crippen molar-refractivity contribution in [3.8, 4) is 0 Å². The molecule has 5 nitrogen and oxygen atoms in total. The van der Waals surface area contributed by atoms with Gasteiger partial charge in [-0.1, -0.05) is 0 Å². The van der Waals surface area contributed by atoms with Crippen LogP contribution in [0.5, 0.6) is 0 Å². The highest BCUT2D eigenvalue weighted by molar-refractivity contribution is 7.86. The van der Waals surface area contributed by atoms with Crippen LogP contribution in [-0.4, -0.2) is 35.2 Å². The molecule has 0 heterocycles.